The molecule has 2 rings (SSSR count). The number of nitrogens with one attached hydrogen (secondary N) is 1. The number of nitriles is 1. The molecule has 1 fully saturated rings. The van der Waals surface area contributed by atoms with Gasteiger partial charge in [0, 0.05) is 39.1 Å². The summed E-state index contributed by atoms with van der Waals surface area (Å²) in [4.78, 5) is 16.9. The van der Waals surface area contributed by atoms with Crippen molar-refractivity contribution < 1.29 is 9.18 Å². The van der Waals surface area contributed by atoms with Crippen LogP contribution in [0.15, 0.2) is 18.5 Å². The number of carbonyl (C=O) groups is 1. The molecule has 0 saturated carbocycles. The van der Waals surface area contributed by atoms with E-state index in [-0.39, 0.29) is 12.5 Å². The van der Waals surface area contributed by atoms with Crippen LogP contribution in [0.5, 0.6) is 0 Å². The largest absolute Gasteiger partial charge is 0.369 e. The van der Waals surface area contributed by atoms with Crippen LogP contribution in [-0.4, -0.2) is 36.2 Å². The van der Waals surface area contributed by atoms with E-state index in [1.165, 1.54) is 6.92 Å². The highest BCUT2D eigenvalue weighted by Crippen LogP contribution is 2.30. The molecule has 0 spiro atoms. The van der Waals surface area contributed by atoms with Gasteiger partial charge < -0.3 is 10.2 Å². The number of halogens is 1. The zero-order valence-electron chi connectivity index (χ0n) is 11.4. The van der Waals surface area contributed by atoms with Crippen molar-refractivity contribution in [2.75, 3.05) is 24.5 Å². The van der Waals surface area contributed by atoms with Gasteiger partial charge >= 0.3 is 0 Å². The molecule has 1 N–H and O–H groups in total. The maximum Gasteiger partial charge on any atom is 0.216 e. The number of amides is 1. The van der Waals surface area contributed by atoms with Crippen molar-refractivity contribution >= 4 is 11.6 Å². The molecular weight excluding hydrogens is 259 g/mol. The van der Waals surface area contributed by atoms with Crippen LogP contribution >= 0.6 is 0 Å². The van der Waals surface area contributed by atoms with Gasteiger partial charge in [-0.3, -0.25) is 9.78 Å². The van der Waals surface area contributed by atoms with E-state index in [1.54, 1.807) is 18.5 Å². The first-order valence-electron chi connectivity index (χ1n) is 6.56. The second-order valence-corrected chi connectivity index (χ2v) is 5.05. The highest BCUT2D eigenvalue weighted by Gasteiger charge is 2.35. The molecule has 106 valence electrons. The Morgan fingerprint density at radius 2 is 2.30 bits per heavy atom. The van der Waals surface area contributed by atoms with E-state index in [0.29, 0.717) is 31.5 Å². The molecular formula is C14H17FN4O. The Bertz CT molecular complexity index is 532. The Morgan fingerprint density at radius 3 is 2.90 bits per heavy atom. The summed E-state index contributed by atoms with van der Waals surface area (Å²) in [5, 5.41) is 11.6. The van der Waals surface area contributed by atoms with Crippen molar-refractivity contribution in [1.82, 2.24) is 10.3 Å². The van der Waals surface area contributed by atoms with Crippen molar-refractivity contribution in [2.24, 2.45) is 0 Å². The number of pyridine rings is 1. The SMILES string of the molecule is CC(=O)NCC1(F)CCN(c2cnccc2C#N)CC1. The lowest BCUT2D eigenvalue weighted by Crippen LogP contribution is -2.48. The van der Waals surface area contributed by atoms with Gasteiger partial charge in [-0.05, 0) is 6.07 Å². The molecule has 1 aliphatic rings. The summed E-state index contributed by atoms with van der Waals surface area (Å²) in [5.74, 6) is -0.219. The number of hydrogen-bond acceptors (Lipinski definition) is 4. The molecule has 1 amide bonds. The molecule has 5 nitrogen and oxygen atoms in total. The second-order valence-electron chi connectivity index (χ2n) is 5.05. The van der Waals surface area contributed by atoms with Gasteiger partial charge in [0.25, 0.3) is 0 Å². The van der Waals surface area contributed by atoms with E-state index < -0.39 is 5.67 Å². The summed E-state index contributed by atoms with van der Waals surface area (Å²) in [5.41, 5.74) is -0.0678. The van der Waals surface area contributed by atoms with Crippen LogP contribution in [0.4, 0.5) is 10.1 Å². The number of hydrogen-bond donors (Lipinski definition) is 1. The molecule has 20 heavy (non-hydrogen) atoms. The van der Waals surface area contributed by atoms with Gasteiger partial charge in [-0.25, -0.2) is 4.39 Å². The van der Waals surface area contributed by atoms with Crippen LogP contribution in [0, 0.1) is 11.3 Å². The second kappa shape index (κ2) is 5.87. The molecule has 0 radical (unpaired) electrons. The third kappa shape index (κ3) is 3.23. The molecule has 1 aromatic heterocycles. The van der Waals surface area contributed by atoms with Gasteiger partial charge in [0.1, 0.15) is 11.7 Å². The molecule has 6 heteroatoms. The average Bonchev–Trinajstić information content (AvgIpc) is 2.46. The number of rotatable bonds is 3. The van der Waals surface area contributed by atoms with E-state index in [1.807, 2.05) is 4.90 Å². The Kier molecular flexibility index (Phi) is 4.18. The van der Waals surface area contributed by atoms with E-state index in [2.05, 4.69) is 16.4 Å². The monoisotopic (exact) mass is 276 g/mol. The number of aromatic nitrogens is 1. The van der Waals surface area contributed by atoms with E-state index in [9.17, 15) is 9.18 Å². The van der Waals surface area contributed by atoms with Gasteiger partial charge in [-0.2, -0.15) is 5.26 Å². The van der Waals surface area contributed by atoms with Crippen LogP contribution in [0.3, 0.4) is 0 Å². The normalized spacial score (nSPS) is 17.4. The first-order chi connectivity index (χ1) is 9.54. The summed E-state index contributed by atoms with van der Waals surface area (Å²) in [6, 6.07) is 3.78. The standard InChI is InChI=1S/C14H17FN4O/c1-11(20)18-10-14(15)3-6-19(7-4-14)13-9-17-5-2-12(13)8-16/h2,5,9H,3-4,6-7,10H2,1H3,(H,18,20). The van der Waals surface area contributed by atoms with Gasteiger partial charge in [0.05, 0.1) is 24.0 Å². The molecule has 2 heterocycles. The molecule has 0 bridgehead atoms. The van der Waals surface area contributed by atoms with Crippen molar-refractivity contribution in [3.63, 3.8) is 0 Å². The fraction of sp³-hybridized carbons (Fsp3) is 0.500. The zero-order chi connectivity index (χ0) is 14.6. The molecule has 0 aromatic carbocycles. The molecule has 0 aliphatic carbocycles. The van der Waals surface area contributed by atoms with Gasteiger partial charge in [-0.1, -0.05) is 0 Å². The van der Waals surface area contributed by atoms with Gasteiger partial charge in [-0.15, -0.1) is 0 Å². The van der Waals surface area contributed by atoms with E-state index >= 15 is 0 Å². The summed E-state index contributed by atoms with van der Waals surface area (Å²) in [6.07, 6.45) is 3.86. The van der Waals surface area contributed by atoms with Crippen LogP contribution in [0.25, 0.3) is 0 Å². The van der Waals surface area contributed by atoms with E-state index in [0.717, 1.165) is 5.69 Å². The minimum Gasteiger partial charge on any atom is -0.369 e. The smallest absolute Gasteiger partial charge is 0.216 e. The molecule has 1 aliphatic heterocycles. The average molecular weight is 276 g/mol. The number of anilines is 1. The van der Waals surface area contributed by atoms with Gasteiger partial charge in [0.15, 0.2) is 0 Å². The first-order valence-corrected chi connectivity index (χ1v) is 6.56. The Hall–Kier alpha value is -2.16. The fourth-order valence-electron chi connectivity index (χ4n) is 2.34. The third-order valence-electron chi connectivity index (χ3n) is 3.57. The van der Waals surface area contributed by atoms with Crippen LogP contribution < -0.4 is 10.2 Å². The molecule has 1 saturated heterocycles. The Labute approximate surface area is 117 Å². The van der Waals surface area contributed by atoms with Gasteiger partial charge in [0.2, 0.25) is 5.91 Å². The number of carbonyl (C=O) groups excluding carboxylic acids is 1. The highest BCUT2D eigenvalue weighted by atomic mass is 19.1. The Balaban J connectivity index is 2.01. The van der Waals surface area contributed by atoms with E-state index in [4.69, 9.17) is 5.26 Å². The quantitative estimate of drug-likeness (QED) is 0.906. The summed E-state index contributed by atoms with van der Waals surface area (Å²) in [7, 11) is 0. The number of nitrogens with zero attached hydrogens (tertiary/aromatic N) is 3. The lowest BCUT2D eigenvalue weighted by atomic mass is 9.92. The topological polar surface area (TPSA) is 69.0 Å². The molecule has 1 aromatic rings. The minimum absolute atomic E-state index is 0.0499. The number of alkyl halides is 1. The fourth-order valence-corrected chi connectivity index (χ4v) is 2.34. The Morgan fingerprint density at radius 1 is 1.60 bits per heavy atom. The van der Waals surface area contributed by atoms with Crippen molar-refractivity contribution in [2.45, 2.75) is 25.4 Å². The highest BCUT2D eigenvalue weighted by molar-refractivity contribution is 5.72. The first kappa shape index (κ1) is 14.3. The lowest BCUT2D eigenvalue weighted by molar-refractivity contribution is -0.119. The predicted molar refractivity (Wildman–Crippen MR) is 72.9 cm³/mol. The summed E-state index contributed by atoms with van der Waals surface area (Å²) < 4.78 is 14.5. The maximum absolute atomic E-state index is 14.5. The zero-order valence-corrected chi connectivity index (χ0v) is 11.4. The molecule has 0 atom stereocenters. The van der Waals surface area contributed by atoms with Crippen molar-refractivity contribution in [3.05, 3.63) is 24.0 Å². The molecule has 0 unspecified atom stereocenters. The maximum atomic E-state index is 14.5. The van der Waals surface area contributed by atoms with Crippen LogP contribution in [0.2, 0.25) is 0 Å². The predicted octanol–water partition coefficient (Wildman–Crippen LogP) is 1.40. The number of piperidine rings is 1. The van der Waals surface area contributed by atoms with Crippen LogP contribution in [0.1, 0.15) is 25.3 Å². The third-order valence-corrected chi connectivity index (χ3v) is 3.57. The summed E-state index contributed by atoms with van der Waals surface area (Å²) in [6.45, 7) is 2.45. The lowest BCUT2D eigenvalue weighted by Gasteiger charge is -2.37. The summed E-state index contributed by atoms with van der Waals surface area (Å²) >= 11 is 0. The van der Waals surface area contributed by atoms with Crippen LogP contribution in [-0.2, 0) is 4.79 Å². The van der Waals surface area contributed by atoms with Crippen molar-refractivity contribution in [1.29, 1.82) is 5.26 Å². The minimum atomic E-state index is -1.36. The van der Waals surface area contributed by atoms with Crippen molar-refractivity contribution in [3.8, 4) is 6.07 Å².